The van der Waals surface area contributed by atoms with E-state index in [0.717, 1.165) is 16.8 Å². The highest BCUT2D eigenvalue weighted by Crippen LogP contribution is 2.24. The Morgan fingerprint density at radius 2 is 2.31 bits per heavy atom. The molecule has 2 nitrogen and oxygen atoms in total. The molecule has 0 heterocycles. The van der Waals surface area contributed by atoms with Gasteiger partial charge in [0.05, 0.1) is 0 Å². The molecule has 0 amide bonds. The van der Waals surface area contributed by atoms with Crippen LogP contribution in [0.25, 0.3) is 0 Å². The Labute approximate surface area is 105 Å². The van der Waals surface area contributed by atoms with Gasteiger partial charge in [-0.1, -0.05) is 21.9 Å². The first-order valence-corrected chi connectivity index (χ1v) is 6.17. The predicted molar refractivity (Wildman–Crippen MR) is 68.3 cm³/mol. The second-order valence-electron chi connectivity index (χ2n) is 3.90. The summed E-state index contributed by atoms with van der Waals surface area (Å²) < 4.78 is 6.49. The van der Waals surface area contributed by atoms with Crippen LogP contribution in [0.15, 0.2) is 22.7 Å². The van der Waals surface area contributed by atoms with E-state index in [1.807, 2.05) is 18.2 Å². The number of hydrogen-bond acceptors (Lipinski definition) is 2. The quantitative estimate of drug-likeness (QED) is 0.837. The van der Waals surface area contributed by atoms with Crippen LogP contribution in [0.1, 0.15) is 18.4 Å². The van der Waals surface area contributed by atoms with Crippen molar-refractivity contribution in [1.29, 1.82) is 0 Å². The fraction of sp³-hybridized carbons (Fsp3) is 0.385. The smallest absolute Gasteiger partial charge is 0.148 e. The summed E-state index contributed by atoms with van der Waals surface area (Å²) in [7, 11) is 0. The van der Waals surface area contributed by atoms with Gasteiger partial charge in [-0.25, -0.2) is 0 Å². The van der Waals surface area contributed by atoms with E-state index in [2.05, 4.69) is 27.2 Å². The Morgan fingerprint density at radius 3 is 3.00 bits per heavy atom. The lowest BCUT2D eigenvalue weighted by atomic mass is 10.2. The Hall–Kier alpha value is -0.980. The molecule has 1 N–H and O–H groups in total. The molecule has 16 heavy (non-hydrogen) atoms. The van der Waals surface area contributed by atoms with E-state index in [4.69, 9.17) is 11.2 Å². The van der Waals surface area contributed by atoms with Crippen LogP contribution >= 0.6 is 15.9 Å². The number of ether oxygens (including phenoxy) is 1. The molecule has 0 spiro atoms. The minimum absolute atomic E-state index is 0.317. The molecule has 1 aliphatic carbocycles. The summed E-state index contributed by atoms with van der Waals surface area (Å²) in [5, 5.41) is 3.47. The van der Waals surface area contributed by atoms with E-state index in [-0.39, 0.29) is 0 Å². The van der Waals surface area contributed by atoms with Crippen LogP contribution in [0.5, 0.6) is 5.75 Å². The number of rotatable bonds is 5. The third-order valence-corrected chi connectivity index (χ3v) is 3.27. The van der Waals surface area contributed by atoms with Crippen molar-refractivity contribution >= 4 is 15.9 Å². The first-order chi connectivity index (χ1) is 7.79. The maximum absolute atomic E-state index is 5.39. The third kappa shape index (κ3) is 3.26. The monoisotopic (exact) mass is 279 g/mol. The topological polar surface area (TPSA) is 21.3 Å². The van der Waals surface area contributed by atoms with E-state index in [1.54, 1.807) is 0 Å². The van der Waals surface area contributed by atoms with Crippen LogP contribution in [0.3, 0.4) is 0 Å². The highest BCUT2D eigenvalue weighted by molar-refractivity contribution is 9.10. The molecule has 0 bridgehead atoms. The van der Waals surface area contributed by atoms with E-state index in [0.29, 0.717) is 12.6 Å². The van der Waals surface area contributed by atoms with Crippen molar-refractivity contribution in [3.63, 3.8) is 0 Å². The molecule has 1 aromatic carbocycles. The van der Waals surface area contributed by atoms with Crippen molar-refractivity contribution < 1.29 is 4.74 Å². The highest BCUT2D eigenvalue weighted by Gasteiger charge is 2.20. The van der Waals surface area contributed by atoms with Crippen LogP contribution in [-0.2, 0) is 6.54 Å². The van der Waals surface area contributed by atoms with E-state index in [9.17, 15) is 0 Å². The molecule has 2 rings (SSSR count). The Balaban J connectivity index is 1.99. The molecular formula is C13H14BrNO. The molecule has 0 aromatic heterocycles. The van der Waals surface area contributed by atoms with Crippen molar-refractivity contribution in [2.24, 2.45) is 0 Å². The third-order valence-electron chi connectivity index (χ3n) is 2.50. The minimum atomic E-state index is 0.317. The molecule has 1 aliphatic rings. The number of benzene rings is 1. The summed E-state index contributed by atoms with van der Waals surface area (Å²) in [6.07, 6.45) is 7.75. The van der Waals surface area contributed by atoms with E-state index >= 15 is 0 Å². The summed E-state index contributed by atoms with van der Waals surface area (Å²) in [5.41, 5.74) is 1.21. The van der Waals surface area contributed by atoms with Gasteiger partial charge in [0.2, 0.25) is 0 Å². The Morgan fingerprint density at radius 1 is 1.50 bits per heavy atom. The molecule has 0 unspecified atom stereocenters. The van der Waals surface area contributed by atoms with Crippen LogP contribution < -0.4 is 10.1 Å². The average Bonchev–Trinajstić information content (AvgIpc) is 3.10. The van der Waals surface area contributed by atoms with Crippen LogP contribution in [0.2, 0.25) is 0 Å². The predicted octanol–water partition coefficient (Wildman–Crippen LogP) is 2.71. The molecule has 3 heteroatoms. The van der Waals surface area contributed by atoms with E-state index in [1.165, 1.54) is 18.4 Å². The number of nitrogens with one attached hydrogen (secondary N) is 1. The van der Waals surface area contributed by atoms with Gasteiger partial charge in [0, 0.05) is 17.1 Å². The lowest BCUT2D eigenvalue weighted by Gasteiger charge is -2.08. The fourth-order valence-corrected chi connectivity index (χ4v) is 1.83. The average molecular weight is 280 g/mol. The van der Waals surface area contributed by atoms with Crippen LogP contribution in [-0.4, -0.2) is 12.6 Å². The second kappa shape index (κ2) is 5.38. The summed E-state index contributed by atoms with van der Waals surface area (Å²) in [4.78, 5) is 0. The van der Waals surface area contributed by atoms with Gasteiger partial charge in [-0.3, -0.25) is 0 Å². The largest absolute Gasteiger partial charge is 0.481 e. The molecular weight excluding hydrogens is 266 g/mol. The van der Waals surface area contributed by atoms with Gasteiger partial charge in [-0.15, -0.1) is 6.42 Å². The first-order valence-electron chi connectivity index (χ1n) is 5.37. The Kier molecular flexibility index (Phi) is 3.87. The normalized spacial score (nSPS) is 14.5. The second-order valence-corrected chi connectivity index (χ2v) is 4.76. The summed E-state index contributed by atoms with van der Waals surface area (Å²) >= 11 is 3.53. The van der Waals surface area contributed by atoms with Gasteiger partial charge in [-0.05, 0) is 36.6 Å². The standard InChI is InChI=1S/C13H14BrNO/c1-2-7-16-12-5-6-13(14)10(8-12)9-15-11-3-4-11/h1,5-6,8,11,15H,3-4,7,9H2. The van der Waals surface area contributed by atoms with Gasteiger partial charge in [-0.2, -0.15) is 0 Å². The van der Waals surface area contributed by atoms with Crippen molar-refractivity contribution in [3.8, 4) is 18.1 Å². The molecule has 0 aliphatic heterocycles. The molecule has 0 atom stereocenters. The fourth-order valence-electron chi connectivity index (χ4n) is 1.44. The molecule has 1 fully saturated rings. The van der Waals surface area contributed by atoms with Gasteiger partial charge in [0.1, 0.15) is 12.4 Å². The lowest BCUT2D eigenvalue weighted by Crippen LogP contribution is -2.15. The lowest BCUT2D eigenvalue weighted by molar-refractivity contribution is 0.369. The summed E-state index contributed by atoms with van der Waals surface area (Å²) in [6.45, 7) is 1.19. The van der Waals surface area contributed by atoms with E-state index < -0.39 is 0 Å². The molecule has 0 radical (unpaired) electrons. The van der Waals surface area contributed by atoms with Gasteiger partial charge in [0.25, 0.3) is 0 Å². The van der Waals surface area contributed by atoms with Crippen molar-refractivity contribution in [1.82, 2.24) is 5.32 Å². The van der Waals surface area contributed by atoms with Gasteiger partial charge in [0.15, 0.2) is 0 Å². The van der Waals surface area contributed by atoms with Crippen molar-refractivity contribution in [3.05, 3.63) is 28.2 Å². The number of halogens is 1. The summed E-state index contributed by atoms with van der Waals surface area (Å²) in [6, 6.07) is 6.65. The molecule has 0 saturated heterocycles. The van der Waals surface area contributed by atoms with Crippen LogP contribution in [0.4, 0.5) is 0 Å². The van der Waals surface area contributed by atoms with Gasteiger partial charge < -0.3 is 10.1 Å². The first kappa shape index (κ1) is 11.5. The van der Waals surface area contributed by atoms with Gasteiger partial charge >= 0.3 is 0 Å². The molecule has 1 aromatic rings. The SMILES string of the molecule is C#CCOc1ccc(Br)c(CNC2CC2)c1. The zero-order valence-corrected chi connectivity index (χ0v) is 10.6. The van der Waals surface area contributed by atoms with Crippen molar-refractivity contribution in [2.75, 3.05) is 6.61 Å². The minimum Gasteiger partial charge on any atom is -0.481 e. The molecule has 1 saturated carbocycles. The maximum Gasteiger partial charge on any atom is 0.148 e. The number of hydrogen-bond donors (Lipinski definition) is 1. The van der Waals surface area contributed by atoms with Crippen molar-refractivity contribution in [2.45, 2.75) is 25.4 Å². The Bertz CT molecular complexity index is 407. The van der Waals surface area contributed by atoms with Crippen LogP contribution in [0, 0.1) is 12.3 Å². The molecule has 84 valence electrons. The summed E-state index contributed by atoms with van der Waals surface area (Å²) in [5.74, 6) is 3.29. The maximum atomic E-state index is 5.39. The highest BCUT2D eigenvalue weighted by atomic mass is 79.9. The zero-order chi connectivity index (χ0) is 11.4. The zero-order valence-electron chi connectivity index (χ0n) is 9.00. The number of terminal acetylenes is 1.